The SMILES string of the molecule is O=C1CCC(N2Cc3cccc(CNC45CCC(CC4)NC5)c3C2=O)C(=O)N1. The smallest absolute Gasteiger partial charge is 0.255 e. The van der Waals surface area contributed by atoms with Crippen LogP contribution in [0.4, 0.5) is 0 Å². The van der Waals surface area contributed by atoms with Crippen molar-refractivity contribution < 1.29 is 14.4 Å². The van der Waals surface area contributed by atoms with Gasteiger partial charge in [0.25, 0.3) is 5.91 Å². The minimum absolute atomic E-state index is 0.0927. The molecule has 1 aromatic rings. The number of carbonyl (C=O) groups is 3. The van der Waals surface area contributed by atoms with Gasteiger partial charge in [-0.2, -0.15) is 0 Å². The standard InChI is InChI=1S/C21H26N4O3/c26-17-5-4-16(19(27)24-17)25-11-14-3-1-2-13(18(14)20(25)28)10-23-21-8-6-15(7-9-21)22-12-21/h1-3,15-16,22-23H,4-12H2,(H,24,26,27). The first-order valence-corrected chi connectivity index (χ1v) is 10.3. The molecule has 7 heteroatoms. The van der Waals surface area contributed by atoms with Crippen molar-refractivity contribution in [3.63, 3.8) is 0 Å². The fraction of sp³-hybridized carbons (Fsp3) is 0.571. The van der Waals surface area contributed by atoms with E-state index in [0.29, 0.717) is 25.6 Å². The predicted molar refractivity (Wildman–Crippen MR) is 102 cm³/mol. The van der Waals surface area contributed by atoms with Crippen molar-refractivity contribution in [2.24, 2.45) is 0 Å². The second-order valence-corrected chi connectivity index (χ2v) is 8.64. The zero-order valence-electron chi connectivity index (χ0n) is 15.9. The van der Waals surface area contributed by atoms with Gasteiger partial charge in [0.05, 0.1) is 0 Å². The van der Waals surface area contributed by atoms with Crippen LogP contribution >= 0.6 is 0 Å². The van der Waals surface area contributed by atoms with Crippen LogP contribution in [-0.4, -0.2) is 46.8 Å². The minimum Gasteiger partial charge on any atom is -0.322 e. The third kappa shape index (κ3) is 2.93. The molecule has 0 radical (unpaired) electrons. The molecule has 4 aliphatic heterocycles. The van der Waals surface area contributed by atoms with E-state index >= 15 is 0 Å². The normalized spacial score (nSPS) is 31.9. The van der Waals surface area contributed by atoms with Crippen molar-refractivity contribution in [2.75, 3.05) is 6.54 Å². The van der Waals surface area contributed by atoms with Crippen LogP contribution in [0, 0.1) is 0 Å². The van der Waals surface area contributed by atoms with E-state index < -0.39 is 6.04 Å². The Morgan fingerprint density at radius 3 is 2.68 bits per heavy atom. The van der Waals surface area contributed by atoms with Crippen molar-refractivity contribution >= 4 is 17.7 Å². The summed E-state index contributed by atoms with van der Waals surface area (Å²) in [6.45, 7) is 2.08. The Labute approximate surface area is 164 Å². The lowest BCUT2D eigenvalue weighted by Gasteiger charge is -2.48. The molecule has 3 saturated heterocycles. The van der Waals surface area contributed by atoms with Gasteiger partial charge in [-0.15, -0.1) is 0 Å². The molecule has 28 heavy (non-hydrogen) atoms. The van der Waals surface area contributed by atoms with Gasteiger partial charge in [-0.05, 0) is 43.2 Å². The molecule has 3 N–H and O–H groups in total. The average molecular weight is 382 g/mol. The third-order valence-corrected chi connectivity index (χ3v) is 6.96. The molecule has 4 fully saturated rings. The maximum Gasteiger partial charge on any atom is 0.255 e. The molecule has 1 aliphatic carbocycles. The molecule has 0 spiro atoms. The number of rotatable bonds is 4. The van der Waals surface area contributed by atoms with Crippen LogP contribution in [0.3, 0.4) is 0 Å². The van der Waals surface area contributed by atoms with Gasteiger partial charge in [0.15, 0.2) is 0 Å². The molecular weight excluding hydrogens is 356 g/mol. The van der Waals surface area contributed by atoms with E-state index in [9.17, 15) is 14.4 Å². The Morgan fingerprint density at radius 2 is 1.96 bits per heavy atom. The lowest BCUT2D eigenvalue weighted by molar-refractivity contribution is -0.136. The largest absolute Gasteiger partial charge is 0.322 e. The second-order valence-electron chi connectivity index (χ2n) is 8.64. The fourth-order valence-corrected chi connectivity index (χ4v) is 5.25. The maximum atomic E-state index is 13.2. The topological polar surface area (TPSA) is 90.5 Å². The number of fused-ring (bicyclic) bond motifs is 4. The van der Waals surface area contributed by atoms with Gasteiger partial charge in [0, 0.05) is 43.2 Å². The Kier molecular flexibility index (Phi) is 4.25. The summed E-state index contributed by atoms with van der Waals surface area (Å²) in [5.74, 6) is -0.712. The Balaban J connectivity index is 1.34. The van der Waals surface area contributed by atoms with E-state index in [4.69, 9.17) is 0 Å². The van der Waals surface area contributed by atoms with Gasteiger partial charge in [-0.25, -0.2) is 0 Å². The van der Waals surface area contributed by atoms with Crippen molar-refractivity contribution in [1.29, 1.82) is 0 Å². The molecule has 1 aromatic carbocycles. The van der Waals surface area contributed by atoms with E-state index in [1.54, 1.807) is 4.90 Å². The summed E-state index contributed by atoms with van der Waals surface area (Å²) >= 11 is 0. The summed E-state index contributed by atoms with van der Waals surface area (Å²) in [7, 11) is 0. The first kappa shape index (κ1) is 17.8. The predicted octanol–water partition coefficient (Wildman–Crippen LogP) is 0.822. The number of piperidine rings is 3. The highest BCUT2D eigenvalue weighted by Crippen LogP contribution is 2.34. The molecule has 1 atom stereocenters. The quantitative estimate of drug-likeness (QED) is 0.671. The van der Waals surface area contributed by atoms with Crippen LogP contribution in [0.5, 0.6) is 0 Å². The van der Waals surface area contributed by atoms with Gasteiger partial charge in [-0.3, -0.25) is 19.7 Å². The molecule has 6 rings (SSSR count). The molecule has 148 valence electrons. The maximum absolute atomic E-state index is 13.2. The summed E-state index contributed by atoms with van der Waals surface area (Å²) in [6, 6.07) is 6.08. The zero-order valence-corrected chi connectivity index (χ0v) is 15.9. The fourth-order valence-electron chi connectivity index (χ4n) is 5.25. The number of carbonyl (C=O) groups excluding carboxylic acids is 3. The van der Waals surface area contributed by atoms with Gasteiger partial charge >= 0.3 is 0 Å². The highest BCUT2D eigenvalue weighted by atomic mass is 16.2. The van der Waals surface area contributed by atoms with E-state index in [-0.39, 0.29) is 29.7 Å². The summed E-state index contributed by atoms with van der Waals surface area (Å²) in [5.41, 5.74) is 2.83. The number of hydrogen-bond acceptors (Lipinski definition) is 5. The average Bonchev–Trinajstić information content (AvgIpc) is 3.05. The lowest BCUT2D eigenvalue weighted by atomic mass is 9.75. The van der Waals surface area contributed by atoms with Crippen LogP contribution in [0.1, 0.15) is 60.0 Å². The molecule has 5 aliphatic rings. The van der Waals surface area contributed by atoms with E-state index in [0.717, 1.165) is 23.2 Å². The molecule has 0 aromatic heterocycles. The Bertz CT molecular complexity index is 830. The van der Waals surface area contributed by atoms with Crippen LogP contribution in [0.15, 0.2) is 18.2 Å². The first-order valence-electron chi connectivity index (χ1n) is 10.3. The van der Waals surface area contributed by atoms with Crippen LogP contribution < -0.4 is 16.0 Å². The van der Waals surface area contributed by atoms with Gasteiger partial charge in [0.2, 0.25) is 11.8 Å². The highest BCUT2D eigenvalue weighted by Gasteiger charge is 2.42. The van der Waals surface area contributed by atoms with Crippen LogP contribution in [-0.2, 0) is 22.7 Å². The minimum atomic E-state index is -0.560. The molecule has 2 bridgehead atoms. The lowest BCUT2D eigenvalue weighted by Crippen LogP contribution is -2.62. The number of amides is 3. The van der Waals surface area contributed by atoms with E-state index in [1.807, 2.05) is 18.2 Å². The van der Waals surface area contributed by atoms with Crippen molar-refractivity contribution in [1.82, 2.24) is 20.9 Å². The van der Waals surface area contributed by atoms with E-state index in [1.165, 1.54) is 25.7 Å². The Hall–Kier alpha value is -2.25. The zero-order chi connectivity index (χ0) is 19.3. The van der Waals surface area contributed by atoms with E-state index in [2.05, 4.69) is 16.0 Å². The monoisotopic (exact) mass is 382 g/mol. The summed E-state index contributed by atoms with van der Waals surface area (Å²) < 4.78 is 0. The van der Waals surface area contributed by atoms with Crippen LogP contribution in [0.25, 0.3) is 0 Å². The van der Waals surface area contributed by atoms with Gasteiger partial charge < -0.3 is 15.5 Å². The van der Waals surface area contributed by atoms with Gasteiger partial charge in [0.1, 0.15) is 6.04 Å². The van der Waals surface area contributed by atoms with Gasteiger partial charge in [-0.1, -0.05) is 18.2 Å². The molecule has 4 heterocycles. The molecule has 1 unspecified atom stereocenters. The summed E-state index contributed by atoms with van der Waals surface area (Å²) in [6.07, 6.45) is 5.45. The summed E-state index contributed by atoms with van der Waals surface area (Å²) in [4.78, 5) is 38.5. The number of hydrogen-bond donors (Lipinski definition) is 3. The number of imide groups is 1. The van der Waals surface area contributed by atoms with Crippen molar-refractivity contribution in [3.05, 3.63) is 34.9 Å². The molecule has 1 saturated carbocycles. The molecule has 7 nitrogen and oxygen atoms in total. The second kappa shape index (κ2) is 6.67. The number of nitrogens with one attached hydrogen (secondary N) is 3. The third-order valence-electron chi connectivity index (χ3n) is 6.96. The number of nitrogens with zero attached hydrogens (tertiary/aromatic N) is 1. The first-order chi connectivity index (χ1) is 13.5. The number of benzene rings is 1. The highest BCUT2D eigenvalue weighted by molar-refractivity contribution is 6.05. The van der Waals surface area contributed by atoms with Crippen LogP contribution in [0.2, 0.25) is 0 Å². The Morgan fingerprint density at radius 1 is 1.14 bits per heavy atom. The van der Waals surface area contributed by atoms with Crippen molar-refractivity contribution in [3.8, 4) is 0 Å². The molecular formula is C21H26N4O3. The van der Waals surface area contributed by atoms with Crippen molar-refractivity contribution in [2.45, 2.75) is 69.2 Å². The molecule has 3 amide bonds. The summed E-state index contributed by atoms with van der Waals surface area (Å²) in [5, 5.41) is 9.71.